The Bertz CT molecular complexity index is 718. The normalized spacial score (nSPS) is 15.4. The molecule has 1 aromatic heterocycles. The molecule has 0 unspecified atom stereocenters. The number of hydrogen-bond donors (Lipinski definition) is 1. The minimum atomic E-state index is 0.766. The van der Waals surface area contributed by atoms with Crippen molar-refractivity contribution in [3.05, 3.63) is 45.9 Å². The van der Waals surface area contributed by atoms with Gasteiger partial charge in [0.05, 0.1) is 6.67 Å². The predicted octanol–water partition coefficient (Wildman–Crippen LogP) is 4.24. The zero-order chi connectivity index (χ0) is 16.1. The van der Waals surface area contributed by atoms with Crippen molar-refractivity contribution >= 4 is 34.3 Å². The summed E-state index contributed by atoms with van der Waals surface area (Å²) in [5.74, 6) is 0. The minimum absolute atomic E-state index is 0.766. The van der Waals surface area contributed by atoms with E-state index in [1.807, 2.05) is 4.68 Å². The van der Waals surface area contributed by atoms with Gasteiger partial charge in [-0.2, -0.15) is 0 Å². The lowest BCUT2D eigenvalue weighted by molar-refractivity contribution is 0.227. The summed E-state index contributed by atoms with van der Waals surface area (Å²) in [5, 5.41) is 8.81. The molecule has 0 bridgehead atoms. The van der Waals surface area contributed by atoms with Gasteiger partial charge >= 0.3 is 0 Å². The van der Waals surface area contributed by atoms with Crippen molar-refractivity contribution in [3.63, 3.8) is 0 Å². The molecule has 0 atom stereocenters. The molecule has 0 fully saturated rings. The first-order chi connectivity index (χ1) is 11.3. The third-order valence-electron chi connectivity index (χ3n) is 3.90. The minimum Gasteiger partial charge on any atom is -0.360 e. The molecule has 122 valence electrons. The van der Waals surface area contributed by atoms with Gasteiger partial charge in [0.15, 0.2) is 3.95 Å². The number of nitrogens with one attached hydrogen (secondary N) is 1. The highest BCUT2D eigenvalue weighted by Gasteiger charge is 2.14. The molecule has 0 saturated heterocycles. The van der Waals surface area contributed by atoms with Crippen LogP contribution in [0.1, 0.15) is 25.3 Å². The maximum atomic E-state index is 5.43. The molecule has 23 heavy (non-hydrogen) atoms. The topological polar surface area (TPSA) is 33.1 Å². The Hall–Kier alpha value is -1.50. The standard InChI is InChI=1S/C17H22N4S2/c1-2-10-18-16-19-21(17(22)23-16)13-20-11-8-15(9-12-20)14-6-4-3-5-7-14/h3-8H,2,9-13H2,1H3,(H,18,19). The second-order valence-corrected chi connectivity index (χ2v) is 7.29. The van der Waals surface area contributed by atoms with Crippen LogP contribution in [0.2, 0.25) is 0 Å². The van der Waals surface area contributed by atoms with Crippen molar-refractivity contribution in [2.45, 2.75) is 26.4 Å². The van der Waals surface area contributed by atoms with Crippen LogP contribution < -0.4 is 5.32 Å². The Labute approximate surface area is 146 Å². The van der Waals surface area contributed by atoms with Crippen LogP contribution in [0.5, 0.6) is 0 Å². The molecule has 2 aromatic rings. The lowest BCUT2D eigenvalue weighted by atomic mass is 10.00. The Morgan fingerprint density at radius 1 is 1.30 bits per heavy atom. The second kappa shape index (κ2) is 7.86. The van der Waals surface area contributed by atoms with Crippen molar-refractivity contribution in [3.8, 4) is 0 Å². The fraction of sp³-hybridized carbons (Fsp3) is 0.412. The van der Waals surface area contributed by atoms with Crippen molar-refractivity contribution < 1.29 is 0 Å². The van der Waals surface area contributed by atoms with Gasteiger partial charge in [-0.1, -0.05) is 54.7 Å². The van der Waals surface area contributed by atoms with Gasteiger partial charge < -0.3 is 5.32 Å². The first kappa shape index (κ1) is 16.4. The van der Waals surface area contributed by atoms with E-state index in [1.54, 1.807) is 11.3 Å². The van der Waals surface area contributed by atoms with E-state index < -0.39 is 0 Å². The van der Waals surface area contributed by atoms with Crippen LogP contribution in [-0.2, 0) is 6.67 Å². The van der Waals surface area contributed by atoms with Gasteiger partial charge in [-0.05, 0) is 36.2 Å². The zero-order valence-corrected chi connectivity index (χ0v) is 15.0. The number of nitrogens with zero attached hydrogens (tertiary/aromatic N) is 3. The molecule has 2 heterocycles. The van der Waals surface area contributed by atoms with Gasteiger partial charge in [0.2, 0.25) is 5.13 Å². The molecule has 0 aliphatic carbocycles. The third-order valence-corrected chi connectivity index (χ3v) is 5.17. The Kier molecular flexibility index (Phi) is 5.59. The number of benzene rings is 1. The van der Waals surface area contributed by atoms with E-state index in [4.69, 9.17) is 12.2 Å². The maximum Gasteiger partial charge on any atom is 0.204 e. The molecule has 0 spiro atoms. The predicted molar refractivity (Wildman–Crippen MR) is 100 cm³/mol. The molecule has 6 heteroatoms. The summed E-state index contributed by atoms with van der Waals surface area (Å²) in [5.41, 5.74) is 2.78. The fourth-order valence-electron chi connectivity index (χ4n) is 2.64. The lowest BCUT2D eigenvalue weighted by Gasteiger charge is -2.26. The van der Waals surface area contributed by atoms with Crippen molar-refractivity contribution in [1.82, 2.24) is 14.7 Å². The Morgan fingerprint density at radius 2 is 2.13 bits per heavy atom. The van der Waals surface area contributed by atoms with E-state index in [1.165, 1.54) is 11.1 Å². The number of rotatable bonds is 6. The number of aromatic nitrogens is 2. The average molecular weight is 347 g/mol. The lowest BCUT2D eigenvalue weighted by Crippen LogP contribution is -2.31. The molecular weight excluding hydrogens is 324 g/mol. The highest BCUT2D eigenvalue weighted by molar-refractivity contribution is 7.73. The molecule has 0 amide bonds. The smallest absolute Gasteiger partial charge is 0.204 e. The second-order valence-electron chi connectivity index (χ2n) is 5.66. The van der Waals surface area contributed by atoms with E-state index in [0.717, 1.165) is 48.2 Å². The Morgan fingerprint density at radius 3 is 2.83 bits per heavy atom. The van der Waals surface area contributed by atoms with Crippen LogP contribution in [0.15, 0.2) is 36.4 Å². The summed E-state index contributed by atoms with van der Waals surface area (Å²) in [6.45, 7) is 5.84. The van der Waals surface area contributed by atoms with Gasteiger partial charge in [-0.3, -0.25) is 4.90 Å². The van der Waals surface area contributed by atoms with E-state index in [-0.39, 0.29) is 0 Å². The molecule has 1 aromatic carbocycles. The number of anilines is 1. The van der Waals surface area contributed by atoms with E-state index in [2.05, 4.69) is 58.6 Å². The summed E-state index contributed by atoms with van der Waals surface area (Å²) in [7, 11) is 0. The van der Waals surface area contributed by atoms with Crippen LogP contribution in [0.3, 0.4) is 0 Å². The third kappa shape index (κ3) is 4.28. The molecule has 1 aliphatic rings. The van der Waals surface area contributed by atoms with E-state index >= 15 is 0 Å². The quantitative estimate of drug-likeness (QED) is 0.793. The SMILES string of the molecule is CCCNc1nn(CN2CC=C(c3ccccc3)CC2)c(=S)s1. The van der Waals surface area contributed by atoms with Gasteiger partial charge in [-0.25, -0.2) is 4.68 Å². The molecular formula is C17H22N4S2. The largest absolute Gasteiger partial charge is 0.360 e. The first-order valence-electron chi connectivity index (χ1n) is 8.05. The van der Waals surface area contributed by atoms with E-state index in [9.17, 15) is 0 Å². The zero-order valence-electron chi connectivity index (χ0n) is 13.4. The number of hydrogen-bond acceptors (Lipinski definition) is 5. The average Bonchev–Trinajstić information content (AvgIpc) is 2.94. The summed E-state index contributed by atoms with van der Waals surface area (Å²) in [4.78, 5) is 2.38. The highest BCUT2D eigenvalue weighted by Crippen LogP contribution is 2.22. The monoisotopic (exact) mass is 346 g/mol. The van der Waals surface area contributed by atoms with Crippen molar-refractivity contribution in [2.75, 3.05) is 25.0 Å². The summed E-state index contributed by atoms with van der Waals surface area (Å²) >= 11 is 6.98. The maximum absolute atomic E-state index is 5.43. The van der Waals surface area contributed by atoms with Crippen LogP contribution in [0, 0.1) is 3.95 Å². The van der Waals surface area contributed by atoms with Gasteiger partial charge in [0, 0.05) is 19.6 Å². The molecule has 0 saturated carbocycles. The first-order valence-corrected chi connectivity index (χ1v) is 9.27. The van der Waals surface area contributed by atoms with E-state index in [0.29, 0.717) is 0 Å². The molecule has 0 radical (unpaired) electrons. The van der Waals surface area contributed by atoms with Crippen LogP contribution >= 0.6 is 23.6 Å². The Balaban J connectivity index is 1.61. The summed E-state index contributed by atoms with van der Waals surface area (Å²) in [6.07, 6.45) is 4.49. The molecule has 4 nitrogen and oxygen atoms in total. The van der Waals surface area contributed by atoms with Crippen LogP contribution in [0.25, 0.3) is 5.57 Å². The van der Waals surface area contributed by atoms with Crippen LogP contribution in [0.4, 0.5) is 5.13 Å². The molecule has 1 N–H and O–H groups in total. The van der Waals surface area contributed by atoms with Gasteiger partial charge in [-0.15, -0.1) is 5.10 Å². The highest BCUT2D eigenvalue weighted by atomic mass is 32.1. The molecule has 3 rings (SSSR count). The fourth-order valence-corrected chi connectivity index (χ4v) is 3.66. The summed E-state index contributed by atoms with van der Waals surface area (Å²) < 4.78 is 2.76. The molecule has 1 aliphatic heterocycles. The van der Waals surface area contributed by atoms with Gasteiger partial charge in [0.25, 0.3) is 0 Å². The van der Waals surface area contributed by atoms with Crippen molar-refractivity contribution in [2.24, 2.45) is 0 Å². The van der Waals surface area contributed by atoms with Crippen LogP contribution in [-0.4, -0.2) is 34.3 Å². The summed E-state index contributed by atoms with van der Waals surface area (Å²) in [6, 6.07) is 10.6. The van der Waals surface area contributed by atoms with Crippen molar-refractivity contribution in [1.29, 1.82) is 0 Å². The van der Waals surface area contributed by atoms with Gasteiger partial charge in [0.1, 0.15) is 0 Å².